The molecule has 0 aromatic carbocycles. The van der Waals surface area contributed by atoms with E-state index in [0.717, 1.165) is 0 Å². The molecule has 0 aliphatic carbocycles. The zero-order chi connectivity index (χ0) is 19.6. The molecule has 9 N–H and O–H groups in total. The van der Waals surface area contributed by atoms with Crippen LogP contribution in [0, 0.1) is 0 Å². The van der Waals surface area contributed by atoms with E-state index in [9.17, 15) is 35.4 Å². The second kappa shape index (κ2) is 8.71. The number of aliphatic hydroxyl groups is 7. The Morgan fingerprint density at radius 1 is 0.846 bits per heavy atom. The summed E-state index contributed by atoms with van der Waals surface area (Å²) in [6, 6.07) is 0. The molecule has 0 aromatic heterocycles. The van der Waals surface area contributed by atoms with E-state index in [-0.39, 0.29) is 0 Å². The Balaban J connectivity index is 2.14. The average molecular weight is 385 g/mol. The Kier molecular flexibility index (Phi) is 7.09. The van der Waals surface area contributed by atoms with Gasteiger partial charge in [-0.3, -0.25) is 0 Å². The highest BCUT2D eigenvalue weighted by molar-refractivity contribution is 5.65. The number of aliphatic hydroxyl groups excluding tert-OH is 7. The second-order valence-electron chi connectivity index (χ2n) is 5.94. The molecular formula is C13H23NO12. The first-order valence-corrected chi connectivity index (χ1v) is 7.75. The van der Waals surface area contributed by atoms with Crippen molar-refractivity contribution in [3.8, 4) is 0 Å². The van der Waals surface area contributed by atoms with Crippen molar-refractivity contribution in [1.82, 2.24) is 0 Å². The number of primary amides is 1. The lowest BCUT2D eigenvalue weighted by Gasteiger charge is -2.45. The molecule has 0 radical (unpaired) electrons. The van der Waals surface area contributed by atoms with Gasteiger partial charge in [0.25, 0.3) is 0 Å². The standard InChI is InChI=1S/C13H23NO12/c14-13(22)26-9-6(18)4(2-16)24-12(8(9)20)25-10-7(19)5(17)3(1-15)23-11(10)21/h3-12,15-21H,1-2H2,(H2,14,22)/t3-,4+,5+,6+,7-,8-,9-,10-,11+,12+/m0/s1. The minimum atomic E-state index is -1.81. The van der Waals surface area contributed by atoms with Crippen molar-refractivity contribution in [3.05, 3.63) is 0 Å². The maximum atomic E-state index is 10.9. The van der Waals surface area contributed by atoms with Crippen molar-refractivity contribution in [3.63, 3.8) is 0 Å². The van der Waals surface area contributed by atoms with Gasteiger partial charge in [0.05, 0.1) is 13.2 Å². The molecule has 2 rings (SSSR count). The van der Waals surface area contributed by atoms with Crippen molar-refractivity contribution < 1.29 is 59.5 Å². The third kappa shape index (κ3) is 4.23. The quantitative estimate of drug-likeness (QED) is 0.222. The molecule has 26 heavy (non-hydrogen) atoms. The van der Waals surface area contributed by atoms with Crippen LogP contribution in [0.5, 0.6) is 0 Å². The summed E-state index contributed by atoms with van der Waals surface area (Å²) in [5, 5.41) is 68.2. The van der Waals surface area contributed by atoms with Gasteiger partial charge in [-0.1, -0.05) is 0 Å². The molecule has 2 saturated heterocycles. The zero-order valence-electron chi connectivity index (χ0n) is 13.4. The van der Waals surface area contributed by atoms with Crippen LogP contribution in [0.1, 0.15) is 0 Å². The summed E-state index contributed by atoms with van der Waals surface area (Å²) in [4.78, 5) is 10.9. The Hall–Kier alpha value is -1.13. The Morgan fingerprint density at radius 2 is 1.42 bits per heavy atom. The monoisotopic (exact) mass is 385 g/mol. The molecule has 0 bridgehead atoms. The molecule has 0 saturated carbocycles. The molecular weight excluding hydrogens is 362 g/mol. The first kappa shape index (κ1) is 21.2. The number of amides is 1. The largest absolute Gasteiger partial charge is 0.441 e. The van der Waals surface area contributed by atoms with Crippen LogP contribution in [-0.2, 0) is 18.9 Å². The van der Waals surface area contributed by atoms with Crippen LogP contribution in [0.4, 0.5) is 4.79 Å². The molecule has 0 unspecified atom stereocenters. The molecule has 0 aromatic rings. The molecule has 2 fully saturated rings. The summed E-state index contributed by atoms with van der Waals surface area (Å²) in [7, 11) is 0. The van der Waals surface area contributed by atoms with E-state index in [1.807, 2.05) is 0 Å². The normalized spacial score (nSPS) is 46.7. The van der Waals surface area contributed by atoms with Gasteiger partial charge < -0.3 is 60.4 Å². The van der Waals surface area contributed by atoms with Crippen LogP contribution in [0.3, 0.4) is 0 Å². The Morgan fingerprint density at radius 3 is 1.96 bits per heavy atom. The minimum Gasteiger partial charge on any atom is -0.441 e. The van der Waals surface area contributed by atoms with E-state index in [2.05, 4.69) is 4.74 Å². The molecule has 2 aliphatic heterocycles. The van der Waals surface area contributed by atoms with Crippen LogP contribution >= 0.6 is 0 Å². The predicted molar refractivity (Wildman–Crippen MR) is 77.1 cm³/mol. The van der Waals surface area contributed by atoms with Crippen molar-refractivity contribution in [2.24, 2.45) is 5.73 Å². The molecule has 2 heterocycles. The highest BCUT2D eigenvalue weighted by Crippen LogP contribution is 2.29. The van der Waals surface area contributed by atoms with Gasteiger partial charge in [-0.15, -0.1) is 0 Å². The van der Waals surface area contributed by atoms with Gasteiger partial charge in [-0.2, -0.15) is 0 Å². The van der Waals surface area contributed by atoms with E-state index in [1.54, 1.807) is 0 Å². The summed E-state index contributed by atoms with van der Waals surface area (Å²) in [5.41, 5.74) is 4.87. The summed E-state index contributed by atoms with van der Waals surface area (Å²) in [6.07, 6.45) is -17.5. The molecule has 2 aliphatic rings. The zero-order valence-corrected chi connectivity index (χ0v) is 13.4. The van der Waals surface area contributed by atoms with E-state index in [4.69, 9.17) is 25.1 Å². The summed E-state index contributed by atoms with van der Waals surface area (Å²) < 4.78 is 19.9. The SMILES string of the molecule is NC(=O)O[C@@H]1[C@H](O)[C@@H](O[C@H]2[C@@H](O)[C@H](O)[C@H](CO)O[C@H]2O)O[C@H](CO)[C@H]1O. The smallest absolute Gasteiger partial charge is 0.404 e. The summed E-state index contributed by atoms with van der Waals surface area (Å²) >= 11 is 0. The Bertz CT molecular complexity index is 480. The molecule has 0 spiro atoms. The lowest BCUT2D eigenvalue weighted by molar-refractivity contribution is -0.361. The number of hydrogen-bond acceptors (Lipinski definition) is 12. The second-order valence-corrected chi connectivity index (χ2v) is 5.94. The van der Waals surface area contributed by atoms with Crippen molar-refractivity contribution in [2.45, 2.75) is 61.4 Å². The van der Waals surface area contributed by atoms with Crippen LogP contribution in [0.25, 0.3) is 0 Å². The maximum Gasteiger partial charge on any atom is 0.404 e. The first-order valence-electron chi connectivity index (χ1n) is 7.75. The van der Waals surface area contributed by atoms with Crippen molar-refractivity contribution in [1.29, 1.82) is 0 Å². The van der Waals surface area contributed by atoms with Crippen LogP contribution in [0.15, 0.2) is 0 Å². The van der Waals surface area contributed by atoms with E-state index in [0.29, 0.717) is 0 Å². The lowest BCUT2D eigenvalue weighted by Crippen LogP contribution is -2.65. The number of carbonyl (C=O) groups excluding carboxylic acids is 1. The molecule has 152 valence electrons. The fraction of sp³-hybridized carbons (Fsp3) is 0.923. The minimum absolute atomic E-state index is 0.683. The Labute approximate surface area is 147 Å². The van der Waals surface area contributed by atoms with Crippen molar-refractivity contribution in [2.75, 3.05) is 13.2 Å². The van der Waals surface area contributed by atoms with E-state index in [1.165, 1.54) is 0 Å². The topological polar surface area (TPSA) is 222 Å². The van der Waals surface area contributed by atoms with Crippen LogP contribution in [-0.4, -0.2) is 116 Å². The van der Waals surface area contributed by atoms with Gasteiger partial charge in [0.2, 0.25) is 0 Å². The van der Waals surface area contributed by atoms with Gasteiger partial charge in [0.1, 0.15) is 42.7 Å². The fourth-order valence-electron chi connectivity index (χ4n) is 2.81. The van der Waals surface area contributed by atoms with Crippen LogP contribution < -0.4 is 5.73 Å². The molecule has 10 atom stereocenters. The highest BCUT2D eigenvalue weighted by Gasteiger charge is 2.51. The predicted octanol–water partition coefficient (Wildman–Crippen LogP) is -5.29. The highest BCUT2D eigenvalue weighted by atomic mass is 16.7. The van der Waals surface area contributed by atoms with Gasteiger partial charge in [-0.25, -0.2) is 4.79 Å². The van der Waals surface area contributed by atoms with Gasteiger partial charge in [0.15, 0.2) is 18.7 Å². The first-order chi connectivity index (χ1) is 12.2. The third-order valence-electron chi connectivity index (χ3n) is 4.21. The summed E-state index contributed by atoms with van der Waals surface area (Å²) in [6.45, 7) is -1.42. The van der Waals surface area contributed by atoms with Gasteiger partial charge >= 0.3 is 6.09 Å². The molecule has 13 heteroatoms. The number of nitrogens with two attached hydrogens (primary N) is 1. The number of carbonyl (C=O) groups is 1. The number of ether oxygens (including phenoxy) is 4. The lowest BCUT2D eigenvalue weighted by atomic mass is 9.97. The van der Waals surface area contributed by atoms with E-state index >= 15 is 0 Å². The third-order valence-corrected chi connectivity index (χ3v) is 4.21. The number of rotatable bonds is 5. The molecule has 13 nitrogen and oxygen atoms in total. The average Bonchev–Trinajstić information content (AvgIpc) is 2.60. The fourth-order valence-corrected chi connectivity index (χ4v) is 2.81. The molecule has 1 amide bonds. The van der Waals surface area contributed by atoms with Crippen LogP contribution in [0.2, 0.25) is 0 Å². The maximum absolute atomic E-state index is 10.9. The number of hydrogen-bond donors (Lipinski definition) is 8. The van der Waals surface area contributed by atoms with Gasteiger partial charge in [-0.05, 0) is 0 Å². The van der Waals surface area contributed by atoms with Gasteiger partial charge in [0, 0.05) is 0 Å². The van der Waals surface area contributed by atoms with Crippen molar-refractivity contribution >= 4 is 6.09 Å². The summed E-state index contributed by atoms with van der Waals surface area (Å²) in [5.74, 6) is 0. The van der Waals surface area contributed by atoms with E-state index < -0.39 is 80.7 Å².